The summed E-state index contributed by atoms with van der Waals surface area (Å²) in [6.45, 7) is 8.91. The van der Waals surface area contributed by atoms with Gasteiger partial charge >= 0.3 is 0 Å². The van der Waals surface area contributed by atoms with Crippen LogP contribution in [-0.2, 0) is 6.42 Å². The van der Waals surface area contributed by atoms with E-state index in [1.807, 2.05) is 12.1 Å². The highest BCUT2D eigenvalue weighted by Gasteiger charge is 2.23. The average molecular weight is 254 g/mol. The van der Waals surface area contributed by atoms with Crippen LogP contribution in [0, 0.1) is 5.41 Å². The van der Waals surface area contributed by atoms with E-state index in [4.69, 9.17) is 11.6 Å². The molecular weight excluding hydrogens is 230 g/mol. The van der Waals surface area contributed by atoms with Gasteiger partial charge in [-0.3, -0.25) is 0 Å². The highest BCUT2D eigenvalue weighted by Crippen LogP contribution is 2.28. The third-order valence-electron chi connectivity index (χ3n) is 3.20. The summed E-state index contributed by atoms with van der Waals surface area (Å²) in [4.78, 5) is 0. The Bertz CT molecular complexity index is 320. The lowest BCUT2D eigenvalue weighted by Gasteiger charge is -2.30. The summed E-state index contributed by atoms with van der Waals surface area (Å²) < 4.78 is 0. The molecule has 17 heavy (non-hydrogen) atoms. The van der Waals surface area contributed by atoms with E-state index in [-0.39, 0.29) is 0 Å². The Labute approximate surface area is 111 Å². The van der Waals surface area contributed by atoms with Gasteiger partial charge in [-0.1, -0.05) is 50.9 Å². The molecule has 1 unspecified atom stereocenters. The summed E-state index contributed by atoms with van der Waals surface area (Å²) in [6.07, 6.45) is 3.60. The number of hydrogen-bond acceptors (Lipinski definition) is 1. The van der Waals surface area contributed by atoms with Crippen molar-refractivity contribution in [1.29, 1.82) is 0 Å². The average Bonchev–Trinajstić information content (AvgIpc) is 2.30. The molecule has 0 amide bonds. The number of nitrogens with one attached hydrogen (secondary N) is 1. The molecule has 1 aromatic rings. The molecule has 1 N–H and O–H groups in total. The fourth-order valence-corrected chi connectivity index (χ4v) is 2.49. The van der Waals surface area contributed by atoms with Crippen molar-refractivity contribution in [3.05, 3.63) is 34.9 Å². The molecule has 0 bridgehead atoms. The summed E-state index contributed by atoms with van der Waals surface area (Å²) in [5, 5.41) is 4.30. The number of halogens is 1. The SMILES string of the molecule is CCCC(C)(CNCC)Cc1ccc(Cl)cc1. The Morgan fingerprint density at radius 1 is 1.18 bits per heavy atom. The predicted octanol–water partition coefficient (Wildman–Crippen LogP) is 4.30. The molecule has 2 heteroatoms. The third-order valence-corrected chi connectivity index (χ3v) is 3.45. The molecule has 1 rings (SSSR count). The van der Waals surface area contributed by atoms with Gasteiger partial charge in [0.15, 0.2) is 0 Å². The van der Waals surface area contributed by atoms with E-state index in [2.05, 4.69) is 38.2 Å². The van der Waals surface area contributed by atoms with Crippen molar-refractivity contribution in [2.24, 2.45) is 5.41 Å². The van der Waals surface area contributed by atoms with Crippen LogP contribution in [0.3, 0.4) is 0 Å². The van der Waals surface area contributed by atoms with Crippen LogP contribution in [0.15, 0.2) is 24.3 Å². The summed E-state index contributed by atoms with van der Waals surface area (Å²) in [5.74, 6) is 0. The van der Waals surface area contributed by atoms with E-state index < -0.39 is 0 Å². The van der Waals surface area contributed by atoms with Crippen LogP contribution < -0.4 is 5.32 Å². The zero-order valence-electron chi connectivity index (χ0n) is 11.2. The lowest BCUT2D eigenvalue weighted by atomic mass is 9.79. The van der Waals surface area contributed by atoms with Gasteiger partial charge in [0.25, 0.3) is 0 Å². The van der Waals surface area contributed by atoms with Gasteiger partial charge in [0.2, 0.25) is 0 Å². The number of benzene rings is 1. The molecule has 0 saturated carbocycles. The van der Waals surface area contributed by atoms with Gasteiger partial charge in [0.05, 0.1) is 0 Å². The van der Waals surface area contributed by atoms with Gasteiger partial charge < -0.3 is 5.32 Å². The second-order valence-corrected chi connectivity index (χ2v) is 5.58. The third kappa shape index (κ3) is 5.10. The second kappa shape index (κ2) is 7.03. The molecule has 0 heterocycles. The Morgan fingerprint density at radius 3 is 2.35 bits per heavy atom. The molecule has 0 aliphatic rings. The van der Waals surface area contributed by atoms with Gasteiger partial charge in [-0.25, -0.2) is 0 Å². The topological polar surface area (TPSA) is 12.0 Å². The van der Waals surface area contributed by atoms with E-state index in [9.17, 15) is 0 Å². The Hall–Kier alpha value is -0.530. The molecular formula is C15H24ClN. The minimum atomic E-state index is 0.346. The van der Waals surface area contributed by atoms with Crippen LogP contribution in [0.2, 0.25) is 5.02 Å². The lowest BCUT2D eigenvalue weighted by Crippen LogP contribution is -2.33. The molecule has 0 spiro atoms. The smallest absolute Gasteiger partial charge is 0.0406 e. The Kier molecular flexibility index (Phi) is 6.01. The summed E-state index contributed by atoms with van der Waals surface area (Å²) >= 11 is 5.92. The fourth-order valence-electron chi connectivity index (χ4n) is 2.36. The van der Waals surface area contributed by atoms with E-state index in [0.29, 0.717) is 5.41 Å². The maximum atomic E-state index is 5.92. The van der Waals surface area contributed by atoms with Crippen molar-refractivity contribution < 1.29 is 0 Å². The van der Waals surface area contributed by atoms with Crippen molar-refractivity contribution in [3.8, 4) is 0 Å². The molecule has 0 radical (unpaired) electrons. The molecule has 0 aliphatic carbocycles. The maximum Gasteiger partial charge on any atom is 0.0406 e. The largest absolute Gasteiger partial charge is 0.316 e. The summed E-state index contributed by atoms with van der Waals surface area (Å²) in [5.41, 5.74) is 1.72. The maximum absolute atomic E-state index is 5.92. The van der Waals surface area contributed by atoms with E-state index in [1.54, 1.807) is 0 Å². The van der Waals surface area contributed by atoms with Gasteiger partial charge in [-0.15, -0.1) is 0 Å². The van der Waals surface area contributed by atoms with Gasteiger partial charge in [-0.2, -0.15) is 0 Å². The van der Waals surface area contributed by atoms with E-state index >= 15 is 0 Å². The van der Waals surface area contributed by atoms with Crippen LogP contribution in [0.1, 0.15) is 39.2 Å². The van der Waals surface area contributed by atoms with Crippen molar-refractivity contribution in [1.82, 2.24) is 5.32 Å². The first-order valence-corrected chi connectivity index (χ1v) is 6.92. The van der Waals surface area contributed by atoms with Crippen LogP contribution in [0.4, 0.5) is 0 Å². The minimum absolute atomic E-state index is 0.346. The highest BCUT2D eigenvalue weighted by atomic mass is 35.5. The van der Waals surface area contributed by atoms with Gasteiger partial charge in [0, 0.05) is 11.6 Å². The molecule has 1 atom stereocenters. The second-order valence-electron chi connectivity index (χ2n) is 5.14. The zero-order valence-corrected chi connectivity index (χ0v) is 12.0. The first kappa shape index (κ1) is 14.5. The van der Waals surface area contributed by atoms with Crippen LogP contribution in [-0.4, -0.2) is 13.1 Å². The molecule has 0 saturated heterocycles. The Balaban J connectivity index is 2.67. The Morgan fingerprint density at radius 2 is 1.82 bits per heavy atom. The quantitative estimate of drug-likeness (QED) is 0.764. The monoisotopic (exact) mass is 253 g/mol. The van der Waals surface area contributed by atoms with Crippen molar-refractivity contribution in [2.45, 2.75) is 40.0 Å². The van der Waals surface area contributed by atoms with Crippen LogP contribution in [0.5, 0.6) is 0 Å². The lowest BCUT2D eigenvalue weighted by molar-refractivity contribution is 0.277. The highest BCUT2D eigenvalue weighted by molar-refractivity contribution is 6.30. The van der Waals surface area contributed by atoms with Crippen molar-refractivity contribution in [3.63, 3.8) is 0 Å². The summed E-state index contributed by atoms with van der Waals surface area (Å²) in [7, 11) is 0. The molecule has 0 fully saturated rings. The first-order chi connectivity index (χ1) is 8.09. The minimum Gasteiger partial charge on any atom is -0.316 e. The van der Waals surface area contributed by atoms with Crippen LogP contribution in [0.25, 0.3) is 0 Å². The van der Waals surface area contributed by atoms with E-state index in [1.165, 1.54) is 18.4 Å². The first-order valence-electron chi connectivity index (χ1n) is 6.55. The van der Waals surface area contributed by atoms with Gasteiger partial charge in [-0.05, 0) is 42.5 Å². The normalized spacial score (nSPS) is 14.6. The van der Waals surface area contributed by atoms with Crippen molar-refractivity contribution in [2.75, 3.05) is 13.1 Å². The number of hydrogen-bond donors (Lipinski definition) is 1. The summed E-state index contributed by atoms with van der Waals surface area (Å²) in [6, 6.07) is 8.25. The number of rotatable bonds is 7. The fraction of sp³-hybridized carbons (Fsp3) is 0.600. The predicted molar refractivity (Wildman–Crippen MR) is 76.7 cm³/mol. The van der Waals surface area contributed by atoms with Crippen LogP contribution >= 0.6 is 11.6 Å². The molecule has 1 nitrogen and oxygen atoms in total. The standard InChI is InChI=1S/C15H24ClN/c1-4-10-15(3,12-17-5-2)11-13-6-8-14(16)9-7-13/h6-9,17H,4-5,10-12H2,1-3H3. The molecule has 1 aromatic carbocycles. The van der Waals surface area contributed by atoms with Crippen molar-refractivity contribution >= 4 is 11.6 Å². The molecule has 96 valence electrons. The molecule has 0 aromatic heterocycles. The van der Waals surface area contributed by atoms with Gasteiger partial charge in [0.1, 0.15) is 0 Å². The van der Waals surface area contributed by atoms with E-state index in [0.717, 1.165) is 24.5 Å². The molecule has 0 aliphatic heterocycles. The zero-order chi connectivity index (χ0) is 12.7.